The lowest BCUT2D eigenvalue weighted by Crippen LogP contribution is -2.29. The quantitative estimate of drug-likeness (QED) is 0.834. The molecule has 19 heavy (non-hydrogen) atoms. The minimum atomic E-state index is -3.14. The molecule has 0 aliphatic carbocycles. The van der Waals surface area contributed by atoms with Crippen LogP contribution in [0.2, 0.25) is 0 Å². The lowest BCUT2D eigenvalue weighted by Gasteiger charge is -2.21. The monoisotopic (exact) mass is 283 g/mol. The highest BCUT2D eigenvalue weighted by atomic mass is 32.2. The van der Waals surface area contributed by atoms with E-state index in [0.717, 1.165) is 30.6 Å². The topological polar surface area (TPSA) is 53.5 Å². The van der Waals surface area contributed by atoms with Crippen LogP contribution >= 0.6 is 0 Å². The molecule has 0 amide bonds. The van der Waals surface area contributed by atoms with Gasteiger partial charge in [0, 0.05) is 19.3 Å². The zero-order chi connectivity index (χ0) is 14.0. The number of rotatable bonds is 4. The van der Waals surface area contributed by atoms with E-state index in [2.05, 4.69) is 9.88 Å². The molecule has 0 aromatic carbocycles. The Morgan fingerprint density at radius 3 is 2.68 bits per heavy atom. The summed E-state index contributed by atoms with van der Waals surface area (Å²) in [5, 5.41) is 0. The van der Waals surface area contributed by atoms with Gasteiger partial charge in [0.15, 0.2) is 0 Å². The van der Waals surface area contributed by atoms with Crippen molar-refractivity contribution in [3.63, 3.8) is 0 Å². The fraction of sp³-hybridized carbons (Fsp3) is 0.615. The summed E-state index contributed by atoms with van der Waals surface area (Å²) in [4.78, 5) is 6.52. The second-order valence-electron chi connectivity index (χ2n) is 5.36. The molecule has 0 bridgehead atoms. The summed E-state index contributed by atoms with van der Waals surface area (Å²) in [7, 11) is 0.877. The number of sulfonamides is 1. The molecular weight excluding hydrogens is 262 g/mol. The average Bonchev–Trinajstić information content (AvgIpc) is 2.77. The molecule has 0 saturated carbocycles. The first kappa shape index (κ1) is 14.4. The number of pyridine rings is 1. The van der Waals surface area contributed by atoms with Gasteiger partial charge in [0.1, 0.15) is 0 Å². The van der Waals surface area contributed by atoms with Gasteiger partial charge < -0.3 is 4.90 Å². The van der Waals surface area contributed by atoms with E-state index in [-0.39, 0.29) is 6.04 Å². The van der Waals surface area contributed by atoms with Crippen LogP contribution in [0.25, 0.3) is 0 Å². The third-order valence-corrected chi connectivity index (χ3v) is 4.61. The largest absolute Gasteiger partial charge is 0.305 e. The van der Waals surface area contributed by atoms with Gasteiger partial charge in [-0.15, -0.1) is 0 Å². The second-order valence-corrected chi connectivity index (χ2v) is 7.30. The predicted molar refractivity (Wildman–Crippen MR) is 75.2 cm³/mol. The van der Waals surface area contributed by atoms with Crippen LogP contribution in [0.4, 0.5) is 0 Å². The van der Waals surface area contributed by atoms with Crippen molar-refractivity contribution < 1.29 is 8.42 Å². The predicted octanol–water partition coefficient (Wildman–Crippen LogP) is 1.24. The van der Waals surface area contributed by atoms with Gasteiger partial charge in [-0.1, -0.05) is 6.07 Å². The Hall–Kier alpha value is -0.980. The van der Waals surface area contributed by atoms with Crippen molar-refractivity contribution in [2.75, 3.05) is 26.9 Å². The molecule has 106 valence electrons. The highest BCUT2D eigenvalue weighted by Crippen LogP contribution is 2.32. The standard InChI is InChI=1S/C13H21N3O2S/c1-15(2)10-11-6-7-12(14-9-11)13-5-4-8-16(13)19(3,17)18/h6-7,9,13H,4-5,8,10H2,1-3H3/t13-/m1/s1. The first-order chi connectivity index (χ1) is 8.88. The number of nitrogens with zero attached hydrogens (tertiary/aromatic N) is 3. The van der Waals surface area contributed by atoms with E-state index in [4.69, 9.17) is 0 Å². The first-order valence-electron chi connectivity index (χ1n) is 6.44. The highest BCUT2D eigenvalue weighted by Gasteiger charge is 2.33. The molecule has 1 saturated heterocycles. The van der Waals surface area contributed by atoms with E-state index >= 15 is 0 Å². The molecule has 0 N–H and O–H groups in total. The molecule has 0 spiro atoms. The lowest BCUT2D eigenvalue weighted by atomic mass is 10.1. The van der Waals surface area contributed by atoms with Gasteiger partial charge in [-0.3, -0.25) is 4.98 Å². The van der Waals surface area contributed by atoms with Crippen molar-refractivity contribution in [2.24, 2.45) is 0 Å². The zero-order valence-corrected chi connectivity index (χ0v) is 12.5. The molecule has 1 atom stereocenters. The van der Waals surface area contributed by atoms with Gasteiger partial charge in [-0.2, -0.15) is 4.31 Å². The van der Waals surface area contributed by atoms with Crippen LogP contribution in [0.5, 0.6) is 0 Å². The zero-order valence-electron chi connectivity index (χ0n) is 11.7. The van der Waals surface area contributed by atoms with E-state index in [1.54, 1.807) is 4.31 Å². The normalized spacial score (nSPS) is 21.2. The summed E-state index contributed by atoms with van der Waals surface area (Å²) < 4.78 is 25.0. The van der Waals surface area contributed by atoms with Crippen LogP contribution in [-0.4, -0.2) is 49.5 Å². The second kappa shape index (κ2) is 5.56. The molecule has 5 nitrogen and oxygen atoms in total. The van der Waals surface area contributed by atoms with Gasteiger partial charge >= 0.3 is 0 Å². The van der Waals surface area contributed by atoms with Gasteiger partial charge in [-0.05, 0) is 38.6 Å². The fourth-order valence-corrected chi connectivity index (χ4v) is 3.66. The van der Waals surface area contributed by atoms with Crippen LogP contribution in [0.1, 0.15) is 30.1 Å². The summed E-state index contributed by atoms with van der Waals surface area (Å²) in [6.07, 6.45) is 4.87. The first-order valence-corrected chi connectivity index (χ1v) is 8.29. The Bertz CT molecular complexity index is 525. The highest BCUT2D eigenvalue weighted by molar-refractivity contribution is 7.88. The van der Waals surface area contributed by atoms with Gasteiger partial charge in [-0.25, -0.2) is 8.42 Å². The van der Waals surface area contributed by atoms with Crippen molar-refractivity contribution in [3.8, 4) is 0 Å². The van der Waals surface area contributed by atoms with Gasteiger partial charge in [0.2, 0.25) is 10.0 Å². The van der Waals surface area contributed by atoms with E-state index < -0.39 is 10.0 Å². The van der Waals surface area contributed by atoms with Crippen LogP contribution < -0.4 is 0 Å². The average molecular weight is 283 g/mol. The Kier molecular flexibility index (Phi) is 4.23. The maximum Gasteiger partial charge on any atom is 0.211 e. The van der Waals surface area contributed by atoms with Crippen molar-refractivity contribution in [1.82, 2.24) is 14.2 Å². The molecule has 0 unspecified atom stereocenters. The van der Waals surface area contributed by atoms with Crippen molar-refractivity contribution >= 4 is 10.0 Å². The maximum atomic E-state index is 11.7. The minimum absolute atomic E-state index is 0.0941. The van der Waals surface area contributed by atoms with Crippen molar-refractivity contribution in [1.29, 1.82) is 0 Å². The third-order valence-electron chi connectivity index (χ3n) is 3.32. The summed E-state index contributed by atoms with van der Waals surface area (Å²) >= 11 is 0. The van der Waals surface area contributed by atoms with Gasteiger partial charge in [0.25, 0.3) is 0 Å². The number of hydrogen-bond donors (Lipinski definition) is 0. The lowest BCUT2D eigenvalue weighted by molar-refractivity contribution is 0.391. The maximum absolute atomic E-state index is 11.7. The molecule has 1 aliphatic rings. The SMILES string of the molecule is CN(C)Cc1ccc([C@H]2CCCN2S(C)(=O)=O)nc1. The Labute approximate surface area is 115 Å². The molecule has 1 fully saturated rings. The van der Waals surface area contributed by atoms with Crippen molar-refractivity contribution in [3.05, 3.63) is 29.6 Å². The summed E-state index contributed by atoms with van der Waals surface area (Å²) in [5.41, 5.74) is 1.99. The molecule has 1 aliphatic heterocycles. The van der Waals surface area contributed by atoms with E-state index in [0.29, 0.717) is 6.54 Å². The molecule has 2 rings (SSSR count). The Balaban J connectivity index is 2.18. The van der Waals surface area contributed by atoms with Gasteiger partial charge in [0.05, 0.1) is 18.0 Å². The van der Waals surface area contributed by atoms with Crippen molar-refractivity contribution in [2.45, 2.75) is 25.4 Å². The van der Waals surface area contributed by atoms with Crippen LogP contribution in [0, 0.1) is 0 Å². The number of aromatic nitrogens is 1. The molecular formula is C13H21N3O2S. The number of hydrogen-bond acceptors (Lipinski definition) is 4. The molecule has 6 heteroatoms. The Morgan fingerprint density at radius 1 is 1.42 bits per heavy atom. The Morgan fingerprint density at radius 2 is 2.16 bits per heavy atom. The van der Waals surface area contributed by atoms with Crippen LogP contribution in [-0.2, 0) is 16.6 Å². The van der Waals surface area contributed by atoms with E-state index in [1.165, 1.54) is 6.26 Å². The summed E-state index contributed by atoms with van der Waals surface area (Å²) in [6.45, 7) is 1.44. The minimum Gasteiger partial charge on any atom is -0.305 e. The molecule has 1 aromatic heterocycles. The van der Waals surface area contributed by atoms with E-state index in [1.807, 2.05) is 32.4 Å². The fourth-order valence-electron chi connectivity index (χ4n) is 2.52. The van der Waals surface area contributed by atoms with Crippen LogP contribution in [0.15, 0.2) is 18.3 Å². The smallest absolute Gasteiger partial charge is 0.211 e. The third kappa shape index (κ3) is 3.52. The molecule has 2 heterocycles. The summed E-state index contributed by atoms with van der Waals surface area (Å²) in [6, 6.07) is 3.89. The molecule has 1 aromatic rings. The molecule has 0 radical (unpaired) electrons. The summed E-state index contributed by atoms with van der Waals surface area (Å²) in [5.74, 6) is 0. The van der Waals surface area contributed by atoms with E-state index in [9.17, 15) is 8.42 Å². The van der Waals surface area contributed by atoms with Crippen LogP contribution in [0.3, 0.4) is 0 Å².